The Morgan fingerprint density at radius 3 is 1.67 bits per heavy atom. The van der Waals surface area contributed by atoms with Crippen LogP contribution >= 0.6 is 0 Å². The summed E-state index contributed by atoms with van der Waals surface area (Å²) in [5.41, 5.74) is -5.28. The van der Waals surface area contributed by atoms with Gasteiger partial charge in [-0.3, -0.25) is 0 Å². The van der Waals surface area contributed by atoms with Crippen molar-refractivity contribution in [2.45, 2.75) is 5.51 Å². The van der Waals surface area contributed by atoms with Gasteiger partial charge in [-0.1, -0.05) is 0 Å². The van der Waals surface area contributed by atoms with Crippen molar-refractivity contribution < 1.29 is 45.7 Å². The van der Waals surface area contributed by atoms with Crippen molar-refractivity contribution in [3.63, 3.8) is 0 Å². The zero-order valence-electron chi connectivity index (χ0n) is 3.71. The van der Waals surface area contributed by atoms with Gasteiger partial charge in [0.1, 0.15) is 0 Å². The molecule has 9 heavy (non-hydrogen) atoms. The molecule has 0 fully saturated rings. The van der Waals surface area contributed by atoms with Gasteiger partial charge in [0.05, 0.1) is 0 Å². The van der Waals surface area contributed by atoms with Gasteiger partial charge >= 0.3 is 61.4 Å². The van der Waals surface area contributed by atoms with Gasteiger partial charge in [-0.15, -0.1) is 0 Å². The Hall–Kier alpha value is 0.440. The van der Waals surface area contributed by atoms with E-state index < -0.39 is 15.6 Å². The first-order valence-electron chi connectivity index (χ1n) is 1.45. The fraction of sp³-hybridized carbons (Fsp3) is 1.00. The van der Waals surface area contributed by atoms with Crippen LogP contribution in [0.15, 0.2) is 0 Å². The van der Waals surface area contributed by atoms with E-state index in [1.54, 1.807) is 0 Å². The average molecular weight is 330 g/mol. The Labute approximate surface area is 61.7 Å². The fourth-order valence-corrected chi connectivity index (χ4v) is 1.04. The molecule has 0 amide bonds. The van der Waals surface area contributed by atoms with E-state index in [-0.39, 0.29) is 21.5 Å². The van der Waals surface area contributed by atoms with E-state index in [1.807, 2.05) is 0 Å². The summed E-state index contributed by atoms with van der Waals surface area (Å²) in [4.78, 5) is 0. The van der Waals surface area contributed by atoms with E-state index in [0.717, 1.165) is 0 Å². The van der Waals surface area contributed by atoms with E-state index in [4.69, 9.17) is 0 Å². The Bertz CT molecular complexity index is 180. The second kappa shape index (κ2) is 2.59. The van der Waals surface area contributed by atoms with Crippen LogP contribution in [0, 0.1) is 0 Å². The molecule has 0 saturated heterocycles. The van der Waals surface area contributed by atoms with Gasteiger partial charge in [-0.05, 0) is 0 Å². The van der Waals surface area contributed by atoms with Crippen molar-refractivity contribution >= 4 is 10.1 Å². The summed E-state index contributed by atoms with van der Waals surface area (Å²) in [6.45, 7) is 0. The molecule has 0 radical (unpaired) electrons. The maximum absolute atomic E-state index is 11.1. The fourth-order valence-electron chi connectivity index (χ4n) is 0.0423. The SMILES string of the molecule is O=S(=O)([O][Ta])C(F)(F)F. The third kappa shape index (κ3) is 2.26. The molecule has 0 spiro atoms. The topological polar surface area (TPSA) is 43.4 Å². The van der Waals surface area contributed by atoms with E-state index in [1.165, 1.54) is 0 Å². The van der Waals surface area contributed by atoms with Crippen LogP contribution in [-0.2, 0) is 34.3 Å². The first-order valence-corrected chi connectivity index (χ1v) is 4.17. The average Bonchev–Trinajstić information content (AvgIpc) is 1.64. The van der Waals surface area contributed by atoms with Crippen molar-refractivity contribution in [1.82, 2.24) is 0 Å². The molecule has 0 heterocycles. The van der Waals surface area contributed by atoms with Crippen molar-refractivity contribution in [1.29, 1.82) is 0 Å². The molecular weight excluding hydrogens is 330 g/mol. The first-order chi connectivity index (χ1) is 3.81. The molecule has 3 nitrogen and oxygen atoms in total. The molecule has 0 aromatic rings. The van der Waals surface area contributed by atoms with E-state index in [9.17, 15) is 21.6 Å². The number of rotatable bonds is 1. The standard InChI is InChI=1S/CHF3O3S.Ta/c2-1(3,4)8(5,6)7;/h(H,5,6,7);/q;+1/p-1. The summed E-state index contributed by atoms with van der Waals surface area (Å²) < 4.78 is 56.1. The van der Waals surface area contributed by atoms with Crippen LogP contribution in [0.5, 0.6) is 0 Å². The molecule has 0 aliphatic carbocycles. The number of hydrogen-bond acceptors (Lipinski definition) is 3. The quantitative estimate of drug-likeness (QED) is 0.651. The Morgan fingerprint density at radius 1 is 1.33 bits per heavy atom. The maximum atomic E-state index is 11.1. The number of alkyl halides is 3. The minimum absolute atomic E-state index is 0.294. The Kier molecular flexibility index (Phi) is 2.71. The van der Waals surface area contributed by atoms with E-state index in [0.29, 0.717) is 0 Å². The zero-order chi connectivity index (χ0) is 7.71. The van der Waals surface area contributed by atoms with E-state index in [2.05, 4.69) is 2.69 Å². The first kappa shape index (κ1) is 9.44. The molecule has 0 bridgehead atoms. The monoisotopic (exact) mass is 330 g/mol. The van der Waals surface area contributed by atoms with Gasteiger partial charge in [0.15, 0.2) is 0 Å². The molecule has 8 heteroatoms. The summed E-state index contributed by atoms with van der Waals surface area (Å²) in [5.74, 6) is 0. The van der Waals surface area contributed by atoms with Crippen molar-refractivity contribution in [3.05, 3.63) is 0 Å². The predicted octanol–water partition coefficient (Wildman–Crippen LogP) is 0.314. The number of hydrogen-bond donors (Lipinski definition) is 0. The van der Waals surface area contributed by atoms with Gasteiger partial charge in [0, 0.05) is 0 Å². The van der Waals surface area contributed by atoms with Crippen LogP contribution in [0.4, 0.5) is 13.2 Å². The molecular formula is CF3O3STa. The van der Waals surface area contributed by atoms with Gasteiger partial charge in [-0.2, -0.15) is 0 Å². The Balaban J connectivity index is 4.57. The normalized spacial score (nSPS) is 13.7. The molecule has 0 unspecified atom stereocenters. The Morgan fingerprint density at radius 2 is 1.67 bits per heavy atom. The molecule has 0 aliphatic rings. The molecule has 0 aromatic carbocycles. The van der Waals surface area contributed by atoms with Crippen LogP contribution in [0.25, 0.3) is 0 Å². The van der Waals surface area contributed by atoms with Gasteiger partial charge in [0.25, 0.3) is 0 Å². The van der Waals surface area contributed by atoms with Gasteiger partial charge < -0.3 is 0 Å². The van der Waals surface area contributed by atoms with Gasteiger partial charge in [-0.25, -0.2) is 0 Å². The van der Waals surface area contributed by atoms with E-state index >= 15 is 0 Å². The van der Waals surface area contributed by atoms with Crippen LogP contribution < -0.4 is 0 Å². The zero-order valence-corrected chi connectivity index (χ0v) is 7.74. The molecule has 54 valence electrons. The summed E-state index contributed by atoms with van der Waals surface area (Å²) in [6, 6.07) is 0. The van der Waals surface area contributed by atoms with Crippen molar-refractivity contribution in [2.24, 2.45) is 0 Å². The molecule has 0 saturated carbocycles. The minimum atomic E-state index is -5.29. The molecule has 0 rings (SSSR count). The van der Waals surface area contributed by atoms with Crippen molar-refractivity contribution in [2.75, 3.05) is 0 Å². The predicted molar refractivity (Wildman–Crippen MR) is 16.1 cm³/mol. The summed E-state index contributed by atoms with van der Waals surface area (Å²) in [5, 5.41) is 0. The van der Waals surface area contributed by atoms with Crippen LogP contribution in [0.1, 0.15) is 0 Å². The molecule has 0 aliphatic heterocycles. The number of halogens is 3. The third-order valence-electron chi connectivity index (χ3n) is 0.382. The second-order valence-electron chi connectivity index (χ2n) is 0.974. The molecule has 0 N–H and O–H groups in total. The van der Waals surface area contributed by atoms with Crippen LogP contribution in [0.3, 0.4) is 0 Å². The molecule has 0 atom stereocenters. The van der Waals surface area contributed by atoms with Crippen LogP contribution in [0.2, 0.25) is 0 Å². The van der Waals surface area contributed by atoms with Gasteiger partial charge in [0.2, 0.25) is 0 Å². The van der Waals surface area contributed by atoms with Crippen molar-refractivity contribution in [3.8, 4) is 0 Å². The summed E-state index contributed by atoms with van der Waals surface area (Å²) in [7, 11) is -5.29. The summed E-state index contributed by atoms with van der Waals surface area (Å²) >= 11 is -0.294. The second-order valence-corrected chi connectivity index (χ2v) is 4.10. The molecule has 0 aromatic heterocycles. The third-order valence-corrected chi connectivity index (χ3v) is 3.26. The van der Waals surface area contributed by atoms with Crippen LogP contribution in [-0.4, -0.2) is 13.9 Å². The summed E-state index contributed by atoms with van der Waals surface area (Å²) in [6.07, 6.45) is 0.